The van der Waals surface area contributed by atoms with Gasteiger partial charge in [0.25, 0.3) is 5.91 Å². The summed E-state index contributed by atoms with van der Waals surface area (Å²) in [6.45, 7) is 4.85. The van der Waals surface area contributed by atoms with E-state index in [1.54, 1.807) is 24.0 Å². The summed E-state index contributed by atoms with van der Waals surface area (Å²) in [6.07, 6.45) is 3.52. The second-order valence-corrected chi connectivity index (χ2v) is 6.84. The zero-order valence-electron chi connectivity index (χ0n) is 14.6. The predicted octanol–water partition coefficient (Wildman–Crippen LogP) is 2.88. The van der Waals surface area contributed by atoms with Crippen LogP contribution in [0.1, 0.15) is 47.7 Å². The standard InChI is InChI=1S/C18H21N5O2/c1-11-7-9-23(14(10-11)15-5-4-12(2)25-15)18(24)13-6-8-19-17-16(13)20-21-22(17)3/h4-6,8,11,14H,7,9-10H2,1-3H3. The van der Waals surface area contributed by atoms with Gasteiger partial charge in [0.1, 0.15) is 17.0 Å². The fourth-order valence-corrected chi connectivity index (χ4v) is 3.55. The van der Waals surface area contributed by atoms with E-state index in [0.29, 0.717) is 29.2 Å². The second-order valence-electron chi connectivity index (χ2n) is 6.84. The first-order chi connectivity index (χ1) is 12.0. The fraction of sp³-hybridized carbons (Fsp3) is 0.444. The van der Waals surface area contributed by atoms with Gasteiger partial charge in [0, 0.05) is 19.8 Å². The van der Waals surface area contributed by atoms with Crippen LogP contribution >= 0.6 is 0 Å². The normalized spacial score (nSPS) is 21.0. The van der Waals surface area contributed by atoms with E-state index in [9.17, 15) is 4.79 Å². The summed E-state index contributed by atoms with van der Waals surface area (Å²) in [5, 5.41) is 8.12. The average molecular weight is 339 g/mol. The molecule has 1 aliphatic heterocycles. The van der Waals surface area contributed by atoms with Crippen LogP contribution in [0.25, 0.3) is 11.2 Å². The van der Waals surface area contributed by atoms with Gasteiger partial charge in [-0.1, -0.05) is 12.1 Å². The van der Waals surface area contributed by atoms with E-state index in [0.717, 1.165) is 24.4 Å². The molecule has 1 fully saturated rings. The molecule has 2 unspecified atom stereocenters. The van der Waals surface area contributed by atoms with E-state index >= 15 is 0 Å². The molecule has 3 aromatic heterocycles. The maximum absolute atomic E-state index is 13.3. The number of hydrogen-bond donors (Lipinski definition) is 0. The van der Waals surface area contributed by atoms with Crippen molar-refractivity contribution in [1.29, 1.82) is 0 Å². The highest BCUT2D eigenvalue weighted by atomic mass is 16.3. The molecule has 130 valence electrons. The Balaban J connectivity index is 1.73. The van der Waals surface area contributed by atoms with Crippen molar-refractivity contribution in [2.24, 2.45) is 13.0 Å². The lowest BCUT2D eigenvalue weighted by Crippen LogP contribution is -2.40. The van der Waals surface area contributed by atoms with Crippen LogP contribution in [0, 0.1) is 12.8 Å². The Morgan fingerprint density at radius 3 is 2.92 bits per heavy atom. The molecule has 4 rings (SSSR count). The third-order valence-corrected chi connectivity index (χ3v) is 4.94. The molecule has 7 heteroatoms. The van der Waals surface area contributed by atoms with Crippen molar-refractivity contribution < 1.29 is 9.21 Å². The Hall–Kier alpha value is -2.70. The number of piperidine rings is 1. The molecule has 1 amide bonds. The minimum Gasteiger partial charge on any atom is -0.464 e. The lowest BCUT2D eigenvalue weighted by atomic mass is 9.90. The highest BCUT2D eigenvalue weighted by Gasteiger charge is 2.34. The van der Waals surface area contributed by atoms with Crippen LogP contribution in [0.15, 0.2) is 28.8 Å². The average Bonchev–Trinajstić information content (AvgIpc) is 3.20. The number of amides is 1. The smallest absolute Gasteiger partial charge is 0.256 e. The highest BCUT2D eigenvalue weighted by molar-refractivity contribution is 6.04. The Kier molecular flexibility index (Phi) is 3.78. The molecule has 0 N–H and O–H groups in total. The fourth-order valence-electron chi connectivity index (χ4n) is 3.55. The van der Waals surface area contributed by atoms with Gasteiger partial charge >= 0.3 is 0 Å². The van der Waals surface area contributed by atoms with Gasteiger partial charge in [0.2, 0.25) is 0 Å². The molecule has 0 aliphatic carbocycles. The number of fused-ring (bicyclic) bond motifs is 1. The summed E-state index contributed by atoms with van der Waals surface area (Å²) >= 11 is 0. The molecule has 7 nitrogen and oxygen atoms in total. The van der Waals surface area contributed by atoms with Crippen molar-refractivity contribution in [2.45, 2.75) is 32.7 Å². The minimum absolute atomic E-state index is 0.0427. The first-order valence-electron chi connectivity index (χ1n) is 8.56. The van der Waals surface area contributed by atoms with Gasteiger partial charge < -0.3 is 9.32 Å². The number of aromatic nitrogens is 4. The zero-order valence-corrected chi connectivity index (χ0v) is 14.6. The van der Waals surface area contributed by atoms with E-state index in [1.807, 2.05) is 24.0 Å². The third kappa shape index (κ3) is 2.69. The molecule has 1 aliphatic rings. The molecular weight excluding hydrogens is 318 g/mol. The molecule has 0 radical (unpaired) electrons. The zero-order chi connectivity index (χ0) is 17.6. The lowest BCUT2D eigenvalue weighted by molar-refractivity contribution is 0.0521. The summed E-state index contributed by atoms with van der Waals surface area (Å²) in [5.74, 6) is 2.22. The molecule has 0 saturated carbocycles. The molecule has 3 aromatic rings. The van der Waals surface area contributed by atoms with Crippen LogP contribution in [0.3, 0.4) is 0 Å². The number of likely N-dealkylation sites (tertiary alicyclic amines) is 1. The number of nitrogens with zero attached hydrogens (tertiary/aromatic N) is 5. The van der Waals surface area contributed by atoms with Crippen molar-refractivity contribution in [3.05, 3.63) is 41.5 Å². The summed E-state index contributed by atoms with van der Waals surface area (Å²) < 4.78 is 7.42. The molecule has 2 atom stereocenters. The highest BCUT2D eigenvalue weighted by Crippen LogP contribution is 2.36. The van der Waals surface area contributed by atoms with Crippen LogP contribution in [-0.4, -0.2) is 37.3 Å². The van der Waals surface area contributed by atoms with Crippen LogP contribution in [0.2, 0.25) is 0 Å². The lowest BCUT2D eigenvalue weighted by Gasteiger charge is -2.37. The topological polar surface area (TPSA) is 77.1 Å². The largest absolute Gasteiger partial charge is 0.464 e. The number of aryl methyl sites for hydroxylation is 2. The Morgan fingerprint density at radius 2 is 2.16 bits per heavy atom. The van der Waals surface area contributed by atoms with Crippen LogP contribution < -0.4 is 0 Å². The quantitative estimate of drug-likeness (QED) is 0.717. The van der Waals surface area contributed by atoms with Gasteiger partial charge in [0.05, 0.1) is 11.6 Å². The van der Waals surface area contributed by atoms with Crippen molar-refractivity contribution in [3.8, 4) is 0 Å². The van der Waals surface area contributed by atoms with Gasteiger partial charge in [-0.05, 0) is 43.9 Å². The number of furan rings is 1. The summed E-state index contributed by atoms with van der Waals surface area (Å²) in [6, 6.07) is 5.60. The van der Waals surface area contributed by atoms with E-state index in [4.69, 9.17) is 4.42 Å². The number of carbonyl (C=O) groups excluding carboxylic acids is 1. The Labute approximate surface area is 145 Å². The number of carbonyl (C=O) groups is 1. The van der Waals surface area contributed by atoms with Gasteiger partial charge in [-0.15, -0.1) is 5.10 Å². The third-order valence-electron chi connectivity index (χ3n) is 4.94. The van der Waals surface area contributed by atoms with Crippen LogP contribution in [0.5, 0.6) is 0 Å². The molecule has 0 bridgehead atoms. The SMILES string of the molecule is Cc1ccc(C2CC(C)CCN2C(=O)c2ccnc3c2nnn3C)o1. The number of rotatable bonds is 2. The van der Waals surface area contributed by atoms with E-state index in [-0.39, 0.29) is 11.9 Å². The predicted molar refractivity (Wildman–Crippen MR) is 91.9 cm³/mol. The molecule has 25 heavy (non-hydrogen) atoms. The van der Waals surface area contributed by atoms with Crippen LogP contribution in [0.4, 0.5) is 0 Å². The van der Waals surface area contributed by atoms with Crippen molar-refractivity contribution in [2.75, 3.05) is 6.54 Å². The van der Waals surface area contributed by atoms with E-state index in [2.05, 4.69) is 22.2 Å². The van der Waals surface area contributed by atoms with Crippen molar-refractivity contribution in [1.82, 2.24) is 24.9 Å². The summed E-state index contributed by atoms with van der Waals surface area (Å²) in [7, 11) is 1.77. The number of pyridine rings is 1. The summed E-state index contributed by atoms with van der Waals surface area (Å²) in [4.78, 5) is 19.5. The van der Waals surface area contributed by atoms with E-state index in [1.165, 1.54) is 0 Å². The van der Waals surface area contributed by atoms with Crippen molar-refractivity contribution in [3.63, 3.8) is 0 Å². The molecule has 0 spiro atoms. The molecule has 0 aromatic carbocycles. The maximum Gasteiger partial charge on any atom is 0.256 e. The minimum atomic E-state index is -0.0511. The monoisotopic (exact) mass is 339 g/mol. The van der Waals surface area contributed by atoms with Gasteiger partial charge in [0.15, 0.2) is 5.65 Å². The Bertz CT molecular complexity index is 929. The first-order valence-corrected chi connectivity index (χ1v) is 8.56. The summed E-state index contributed by atoms with van der Waals surface area (Å²) in [5.41, 5.74) is 1.70. The van der Waals surface area contributed by atoms with Crippen LogP contribution in [-0.2, 0) is 7.05 Å². The van der Waals surface area contributed by atoms with Gasteiger partial charge in [-0.3, -0.25) is 4.79 Å². The van der Waals surface area contributed by atoms with E-state index < -0.39 is 0 Å². The number of hydrogen-bond acceptors (Lipinski definition) is 5. The molecule has 4 heterocycles. The van der Waals surface area contributed by atoms with Gasteiger partial charge in [-0.25, -0.2) is 9.67 Å². The molecular formula is C18H21N5O2. The molecule has 1 saturated heterocycles. The second kappa shape index (κ2) is 5.98. The van der Waals surface area contributed by atoms with Crippen molar-refractivity contribution >= 4 is 17.1 Å². The Morgan fingerprint density at radius 1 is 1.32 bits per heavy atom. The maximum atomic E-state index is 13.3. The van der Waals surface area contributed by atoms with Gasteiger partial charge in [-0.2, -0.15) is 0 Å². The first kappa shape index (κ1) is 15.8.